The highest BCUT2D eigenvalue weighted by Crippen LogP contribution is 2.27. The number of likely N-dealkylation sites (tertiary alicyclic amines) is 1. The van der Waals surface area contributed by atoms with Crippen LogP contribution in [0.5, 0.6) is 0 Å². The van der Waals surface area contributed by atoms with Crippen LogP contribution in [-0.2, 0) is 4.74 Å². The molecule has 2 N–H and O–H groups in total. The van der Waals surface area contributed by atoms with Crippen molar-refractivity contribution in [3.05, 3.63) is 30.1 Å². The molecular weight excluding hydrogens is 340 g/mol. The van der Waals surface area contributed by atoms with E-state index in [-0.39, 0.29) is 12.2 Å². The van der Waals surface area contributed by atoms with Crippen molar-refractivity contribution in [2.75, 3.05) is 31.1 Å². The number of fused-ring (bicyclic) bond motifs is 1. The Kier molecular flexibility index (Phi) is 5.04. The van der Waals surface area contributed by atoms with Crippen molar-refractivity contribution in [3.63, 3.8) is 0 Å². The maximum absolute atomic E-state index is 9.31. The summed E-state index contributed by atoms with van der Waals surface area (Å²) in [6.45, 7) is 8.04. The SMILES string of the molecule is CC1CC(N)CCN1C[C@H]1CN(c2ccc(C#N)n3nccc23)C[C@@H](C)O1. The Morgan fingerprint density at radius 2 is 2.15 bits per heavy atom. The van der Waals surface area contributed by atoms with Gasteiger partial charge >= 0.3 is 0 Å². The largest absolute Gasteiger partial charge is 0.370 e. The zero-order valence-electron chi connectivity index (χ0n) is 16.1. The van der Waals surface area contributed by atoms with Gasteiger partial charge in [0.05, 0.1) is 29.6 Å². The van der Waals surface area contributed by atoms with E-state index >= 15 is 0 Å². The predicted octanol–water partition coefficient (Wildman–Crippen LogP) is 1.61. The Morgan fingerprint density at radius 3 is 2.93 bits per heavy atom. The second-order valence-corrected chi connectivity index (χ2v) is 7.95. The summed E-state index contributed by atoms with van der Waals surface area (Å²) < 4.78 is 7.99. The first-order valence-electron chi connectivity index (χ1n) is 9.82. The summed E-state index contributed by atoms with van der Waals surface area (Å²) in [5, 5.41) is 13.6. The summed E-state index contributed by atoms with van der Waals surface area (Å²) in [5.74, 6) is 0. The summed E-state index contributed by atoms with van der Waals surface area (Å²) >= 11 is 0. The van der Waals surface area contributed by atoms with Crippen molar-refractivity contribution in [1.82, 2.24) is 14.5 Å². The highest BCUT2D eigenvalue weighted by molar-refractivity contribution is 5.74. The van der Waals surface area contributed by atoms with Crippen molar-refractivity contribution in [2.24, 2.45) is 5.73 Å². The second kappa shape index (κ2) is 7.47. The van der Waals surface area contributed by atoms with E-state index in [4.69, 9.17) is 10.5 Å². The lowest BCUT2D eigenvalue weighted by Crippen LogP contribution is -2.54. The molecule has 4 rings (SSSR count). The fourth-order valence-corrected chi connectivity index (χ4v) is 4.49. The summed E-state index contributed by atoms with van der Waals surface area (Å²) in [6, 6.07) is 8.89. The van der Waals surface area contributed by atoms with Crippen LogP contribution in [0.4, 0.5) is 5.69 Å². The van der Waals surface area contributed by atoms with Crippen LogP contribution in [0.2, 0.25) is 0 Å². The number of aromatic nitrogens is 2. The molecule has 4 atom stereocenters. The third-order valence-corrected chi connectivity index (χ3v) is 5.81. The van der Waals surface area contributed by atoms with Crippen LogP contribution in [0.15, 0.2) is 24.4 Å². The molecule has 0 aliphatic carbocycles. The molecule has 144 valence electrons. The zero-order chi connectivity index (χ0) is 19.0. The smallest absolute Gasteiger partial charge is 0.142 e. The second-order valence-electron chi connectivity index (χ2n) is 7.95. The van der Waals surface area contributed by atoms with Gasteiger partial charge in [0.2, 0.25) is 0 Å². The van der Waals surface area contributed by atoms with E-state index in [1.54, 1.807) is 10.7 Å². The Hall–Kier alpha value is -2.14. The van der Waals surface area contributed by atoms with Crippen molar-refractivity contribution >= 4 is 11.2 Å². The molecular formula is C20H28N6O. The van der Waals surface area contributed by atoms with Gasteiger partial charge in [-0.05, 0) is 51.4 Å². The van der Waals surface area contributed by atoms with Crippen molar-refractivity contribution < 1.29 is 4.74 Å². The Balaban J connectivity index is 1.53. The van der Waals surface area contributed by atoms with Gasteiger partial charge < -0.3 is 15.4 Å². The van der Waals surface area contributed by atoms with E-state index in [1.165, 1.54) is 0 Å². The minimum atomic E-state index is 0.157. The lowest BCUT2D eigenvalue weighted by Gasteiger charge is -2.43. The number of hydrogen-bond donors (Lipinski definition) is 1. The molecule has 2 unspecified atom stereocenters. The Morgan fingerprint density at radius 1 is 1.30 bits per heavy atom. The van der Waals surface area contributed by atoms with E-state index < -0.39 is 0 Å². The molecule has 0 radical (unpaired) electrons. The molecule has 0 spiro atoms. The van der Waals surface area contributed by atoms with Gasteiger partial charge in [-0.1, -0.05) is 0 Å². The first-order chi connectivity index (χ1) is 13.0. The van der Waals surface area contributed by atoms with Crippen LogP contribution in [0.3, 0.4) is 0 Å². The van der Waals surface area contributed by atoms with Gasteiger partial charge in [0.25, 0.3) is 0 Å². The minimum Gasteiger partial charge on any atom is -0.370 e. The van der Waals surface area contributed by atoms with Crippen LogP contribution in [0, 0.1) is 11.3 Å². The van der Waals surface area contributed by atoms with Crippen LogP contribution in [-0.4, -0.2) is 65.0 Å². The summed E-state index contributed by atoms with van der Waals surface area (Å²) in [6.07, 6.45) is 4.18. The Bertz CT molecular complexity index is 843. The standard InChI is InChI=1S/C20H28N6O/c1-14-9-16(22)6-8-24(14)12-18-13-25(11-15(2)27-18)19-4-3-17(10-21)26-20(19)5-7-23-26/h3-5,7,14-16,18H,6,8-9,11-13,22H2,1-2H3/t14?,15-,16?,18+/m1/s1. The molecule has 2 saturated heterocycles. The van der Waals surface area contributed by atoms with Crippen molar-refractivity contribution in [2.45, 2.75) is 51.0 Å². The first kappa shape index (κ1) is 18.2. The number of anilines is 1. The number of morpholine rings is 1. The molecule has 2 aliphatic rings. The minimum absolute atomic E-state index is 0.157. The van der Waals surface area contributed by atoms with E-state index in [0.29, 0.717) is 17.8 Å². The lowest BCUT2D eigenvalue weighted by atomic mass is 9.98. The molecule has 0 aromatic carbocycles. The number of nitrogens with two attached hydrogens (primary N) is 1. The van der Waals surface area contributed by atoms with E-state index in [2.05, 4.69) is 34.8 Å². The average molecular weight is 368 g/mol. The molecule has 7 heteroatoms. The summed E-state index contributed by atoms with van der Waals surface area (Å²) in [7, 11) is 0. The number of nitrogens with zero attached hydrogens (tertiary/aromatic N) is 5. The molecule has 2 aromatic rings. The van der Waals surface area contributed by atoms with E-state index in [1.807, 2.05) is 18.2 Å². The Labute approximate surface area is 160 Å². The van der Waals surface area contributed by atoms with Gasteiger partial charge in [0.15, 0.2) is 0 Å². The lowest BCUT2D eigenvalue weighted by molar-refractivity contribution is -0.0415. The number of hydrogen-bond acceptors (Lipinski definition) is 6. The topological polar surface area (TPSA) is 82.8 Å². The summed E-state index contributed by atoms with van der Waals surface area (Å²) in [5.41, 5.74) is 8.74. The van der Waals surface area contributed by atoms with Gasteiger partial charge in [-0.3, -0.25) is 4.90 Å². The maximum Gasteiger partial charge on any atom is 0.142 e. The highest BCUT2D eigenvalue weighted by atomic mass is 16.5. The van der Waals surface area contributed by atoms with Gasteiger partial charge in [0, 0.05) is 31.7 Å². The number of pyridine rings is 1. The average Bonchev–Trinajstić information content (AvgIpc) is 3.12. The first-order valence-corrected chi connectivity index (χ1v) is 9.82. The number of piperidine rings is 1. The molecule has 2 fully saturated rings. The van der Waals surface area contributed by atoms with Gasteiger partial charge in [0.1, 0.15) is 11.8 Å². The van der Waals surface area contributed by atoms with Crippen LogP contribution < -0.4 is 10.6 Å². The van der Waals surface area contributed by atoms with Gasteiger partial charge in [-0.2, -0.15) is 10.4 Å². The van der Waals surface area contributed by atoms with Crippen LogP contribution in [0.25, 0.3) is 5.52 Å². The predicted molar refractivity (Wildman–Crippen MR) is 105 cm³/mol. The molecule has 2 aromatic heterocycles. The number of ether oxygens (including phenoxy) is 1. The molecule has 0 bridgehead atoms. The number of nitriles is 1. The fourth-order valence-electron chi connectivity index (χ4n) is 4.49. The quantitative estimate of drug-likeness (QED) is 0.886. The maximum atomic E-state index is 9.31. The van der Waals surface area contributed by atoms with E-state index in [0.717, 1.165) is 50.2 Å². The molecule has 0 saturated carbocycles. The fraction of sp³-hybridized carbons (Fsp3) is 0.600. The molecule has 4 heterocycles. The van der Waals surface area contributed by atoms with Crippen molar-refractivity contribution in [1.29, 1.82) is 5.26 Å². The highest BCUT2D eigenvalue weighted by Gasteiger charge is 2.31. The third-order valence-electron chi connectivity index (χ3n) is 5.81. The van der Waals surface area contributed by atoms with E-state index in [9.17, 15) is 5.26 Å². The van der Waals surface area contributed by atoms with Crippen LogP contribution >= 0.6 is 0 Å². The molecule has 7 nitrogen and oxygen atoms in total. The molecule has 2 aliphatic heterocycles. The molecule has 0 amide bonds. The van der Waals surface area contributed by atoms with Crippen LogP contribution in [0.1, 0.15) is 32.4 Å². The normalized spacial score (nSPS) is 29.8. The van der Waals surface area contributed by atoms with Gasteiger partial charge in [-0.25, -0.2) is 4.52 Å². The van der Waals surface area contributed by atoms with Crippen molar-refractivity contribution in [3.8, 4) is 6.07 Å². The molecule has 27 heavy (non-hydrogen) atoms. The zero-order valence-corrected chi connectivity index (χ0v) is 16.1. The monoisotopic (exact) mass is 368 g/mol. The number of rotatable bonds is 3. The summed E-state index contributed by atoms with van der Waals surface area (Å²) in [4.78, 5) is 4.88. The van der Waals surface area contributed by atoms with Gasteiger partial charge in [-0.15, -0.1) is 0 Å². The third kappa shape index (κ3) is 3.65.